The van der Waals surface area contributed by atoms with Crippen molar-refractivity contribution in [3.8, 4) is 0 Å². The van der Waals surface area contributed by atoms with Crippen molar-refractivity contribution in [1.82, 2.24) is 0 Å². The van der Waals surface area contributed by atoms with Crippen molar-refractivity contribution in [3.05, 3.63) is 79.2 Å². The first kappa shape index (κ1) is 24.2. The topological polar surface area (TPSA) is 0 Å². The average Bonchev–Trinajstić information content (AvgIpc) is 2.37. The predicted molar refractivity (Wildman–Crippen MR) is 85.8 cm³/mol. The predicted octanol–water partition coefficient (Wildman–Crippen LogP) is 2.88. The molecule has 2 aromatic carbocycles. The van der Waals surface area contributed by atoms with Gasteiger partial charge in [0.2, 0.25) is 0 Å². The van der Waals surface area contributed by atoms with Crippen LogP contribution in [0, 0.1) is 30.5 Å². The van der Waals surface area contributed by atoms with Crippen LogP contribution >= 0.6 is 0 Å². The Morgan fingerprint density at radius 1 is 0.955 bits per heavy atom. The number of benzene rings is 2. The van der Waals surface area contributed by atoms with Gasteiger partial charge in [-0.05, 0) is 36.0 Å². The molecule has 0 atom stereocenters. The van der Waals surface area contributed by atoms with Crippen LogP contribution in [0.25, 0.3) is 0 Å². The number of hydrogen-bond donors (Lipinski definition) is 0. The second-order valence-electron chi connectivity index (χ2n) is 5.91. The normalized spacial score (nSPS) is 9.68. The molecular weight excluding hydrogens is 305 g/mol. The molecule has 0 fully saturated rings. The summed E-state index contributed by atoms with van der Waals surface area (Å²) in [5.41, 5.74) is 1.42. The summed E-state index contributed by atoms with van der Waals surface area (Å²) in [5.74, 6) is -0.342. The average molecular weight is 329 g/mol. The van der Waals surface area contributed by atoms with Gasteiger partial charge in [0, 0.05) is 5.82 Å². The number of aryl methyl sites for hydroxylation is 1. The molecule has 0 nitrogen and oxygen atoms in total. The van der Waals surface area contributed by atoms with Gasteiger partial charge < -0.3 is 7.43 Å². The van der Waals surface area contributed by atoms with E-state index in [0.29, 0.717) is 5.41 Å². The van der Waals surface area contributed by atoms with Crippen molar-refractivity contribution in [2.75, 3.05) is 0 Å². The Morgan fingerprint density at radius 2 is 1.55 bits per heavy atom. The molecule has 2 aromatic rings. The van der Waals surface area contributed by atoms with Crippen LogP contribution in [0.4, 0.5) is 8.78 Å². The summed E-state index contributed by atoms with van der Waals surface area (Å²) in [6, 6.07) is 15.3. The first-order chi connectivity index (χ1) is 9.37. The van der Waals surface area contributed by atoms with Crippen LogP contribution in [-0.4, -0.2) is 0 Å². The van der Waals surface area contributed by atoms with Crippen LogP contribution < -0.4 is 51.4 Å². The third-order valence-corrected chi connectivity index (χ3v) is 2.73. The summed E-state index contributed by atoms with van der Waals surface area (Å²) in [4.78, 5) is 0. The quantitative estimate of drug-likeness (QED) is 0.587. The first-order valence-corrected chi connectivity index (χ1v) is 6.73. The maximum atomic E-state index is 12.8. The van der Waals surface area contributed by atoms with Crippen molar-refractivity contribution < 1.29 is 60.2 Å². The summed E-state index contributed by atoms with van der Waals surface area (Å²) < 4.78 is 24.7. The summed E-state index contributed by atoms with van der Waals surface area (Å²) in [5, 5.41) is 0. The second kappa shape index (κ2) is 12.4. The Hall–Kier alpha value is -0.0636. The van der Waals surface area contributed by atoms with Gasteiger partial charge in [0.25, 0.3) is 0 Å². The number of hydrogen-bond acceptors (Lipinski definition) is 0. The molecule has 0 aromatic heterocycles. The molecule has 0 spiro atoms. The molecule has 116 valence electrons. The van der Waals surface area contributed by atoms with Crippen molar-refractivity contribution >= 4 is 0 Å². The fourth-order valence-corrected chi connectivity index (χ4v) is 1.58. The molecule has 0 aliphatic heterocycles. The fourth-order valence-electron chi connectivity index (χ4n) is 1.58. The van der Waals surface area contributed by atoms with E-state index in [0.717, 1.165) is 18.4 Å². The Kier molecular flexibility index (Phi) is 13.6. The van der Waals surface area contributed by atoms with E-state index in [-0.39, 0.29) is 70.4 Å². The molecule has 0 radical (unpaired) electrons. The van der Waals surface area contributed by atoms with Crippen molar-refractivity contribution in [1.29, 1.82) is 0 Å². The largest absolute Gasteiger partial charge is 1.00 e. The molecular formula is C19H24F2K-. The van der Waals surface area contributed by atoms with E-state index >= 15 is 0 Å². The maximum Gasteiger partial charge on any atom is 1.00 e. The third-order valence-electron chi connectivity index (χ3n) is 2.73. The Morgan fingerprint density at radius 3 is 1.95 bits per heavy atom. The zero-order valence-corrected chi connectivity index (χ0v) is 17.4. The van der Waals surface area contributed by atoms with Crippen LogP contribution in [0.15, 0.2) is 48.5 Å². The van der Waals surface area contributed by atoms with Gasteiger partial charge in [0.05, 0.1) is 0 Å². The Bertz CT molecular complexity index is 504. The fraction of sp³-hybridized carbons (Fsp3) is 0.316. The van der Waals surface area contributed by atoms with E-state index in [1.165, 1.54) is 30.3 Å². The second-order valence-corrected chi connectivity index (χ2v) is 5.91. The van der Waals surface area contributed by atoms with E-state index in [9.17, 15) is 8.78 Å². The number of halogens is 2. The monoisotopic (exact) mass is 329 g/mol. The molecule has 2 rings (SSSR count). The van der Waals surface area contributed by atoms with Crippen LogP contribution in [0.5, 0.6) is 0 Å². The van der Waals surface area contributed by atoms with Gasteiger partial charge in [-0.3, -0.25) is 0 Å². The minimum Gasteiger partial charge on any atom is -0.358 e. The SMILES string of the molecule is CC(C)(C)CCc1cccc(F)c1.Fc1cc[c-]cc1.[CH3-].[K+]. The van der Waals surface area contributed by atoms with Crippen molar-refractivity contribution in [2.45, 2.75) is 33.6 Å². The van der Waals surface area contributed by atoms with Crippen molar-refractivity contribution in [3.63, 3.8) is 0 Å². The molecule has 0 amide bonds. The standard InChI is InChI=1S/C12H17F.C6H4F.CH3.K/c1-12(2,3)8-7-10-5-4-6-11(13)9-10;7-6-4-2-1-3-5-6;;/h4-6,9H,7-8H2,1-3H3;2-5H;1H3;/q;2*-1;+1. The smallest absolute Gasteiger partial charge is 0.358 e. The summed E-state index contributed by atoms with van der Waals surface area (Å²) in [7, 11) is 0. The number of rotatable bonds is 2. The van der Waals surface area contributed by atoms with Crippen LogP contribution in [0.2, 0.25) is 0 Å². The van der Waals surface area contributed by atoms with Gasteiger partial charge in [0.15, 0.2) is 0 Å². The minimum atomic E-state index is -0.209. The molecule has 0 heterocycles. The van der Waals surface area contributed by atoms with Crippen LogP contribution in [0.3, 0.4) is 0 Å². The zero-order chi connectivity index (χ0) is 15.0. The summed E-state index contributed by atoms with van der Waals surface area (Å²) >= 11 is 0. The molecule has 22 heavy (non-hydrogen) atoms. The Balaban J connectivity index is 0. The molecule has 0 aliphatic rings. The van der Waals surface area contributed by atoms with E-state index < -0.39 is 0 Å². The van der Waals surface area contributed by atoms with E-state index in [1.807, 2.05) is 6.07 Å². The summed E-state index contributed by atoms with van der Waals surface area (Å²) in [6.45, 7) is 6.60. The van der Waals surface area contributed by atoms with Gasteiger partial charge in [0.1, 0.15) is 5.82 Å². The molecule has 0 bridgehead atoms. The minimum absolute atomic E-state index is 0. The van der Waals surface area contributed by atoms with Crippen LogP contribution in [-0.2, 0) is 6.42 Å². The molecule has 0 N–H and O–H groups in total. The maximum absolute atomic E-state index is 12.8. The van der Waals surface area contributed by atoms with E-state index in [2.05, 4.69) is 26.8 Å². The molecule has 0 aliphatic carbocycles. The zero-order valence-electron chi connectivity index (χ0n) is 14.3. The third kappa shape index (κ3) is 12.5. The summed E-state index contributed by atoms with van der Waals surface area (Å²) in [6.07, 6.45) is 2.05. The van der Waals surface area contributed by atoms with E-state index in [4.69, 9.17) is 0 Å². The van der Waals surface area contributed by atoms with Gasteiger partial charge in [-0.25, -0.2) is 8.78 Å². The molecule has 3 heteroatoms. The van der Waals surface area contributed by atoms with E-state index in [1.54, 1.807) is 12.1 Å². The van der Waals surface area contributed by atoms with Gasteiger partial charge in [-0.2, -0.15) is 18.2 Å². The molecule has 0 saturated heterocycles. The Labute approximate surface area is 176 Å². The molecule has 0 saturated carbocycles. The van der Waals surface area contributed by atoms with Crippen molar-refractivity contribution in [2.24, 2.45) is 5.41 Å². The first-order valence-electron chi connectivity index (χ1n) is 6.73. The van der Waals surface area contributed by atoms with Gasteiger partial charge in [-0.1, -0.05) is 32.9 Å². The van der Waals surface area contributed by atoms with Gasteiger partial charge >= 0.3 is 51.4 Å². The van der Waals surface area contributed by atoms with Gasteiger partial charge in [-0.15, -0.1) is 12.1 Å². The molecule has 0 unspecified atom stereocenters. The van der Waals surface area contributed by atoms with Crippen LogP contribution in [0.1, 0.15) is 32.8 Å².